The van der Waals surface area contributed by atoms with Crippen LogP contribution in [0, 0.1) is 5.82 Å². The summed E-state index contributed by atoms with van der Waals surface area (Å²) in [6.07, 6.45) is 2.86. The number of benzene rings is 1. The third-order valence-corrected chi connectivity index (χ3v) is 4.00. The maximum atomic E-state index is 14.4. The predicted molar refractivity (Wildman–Crippen MR) is 90.2 cm³/mol. The fourth-order valence-electron chi connectivity index (χ4n) is 2.67. The molecule has 0 aliphatic rings. The van der Waals surface area contributed by atoms with Crippen LogP contribution in [-0.2, 0) is 5.92 Å². The average molecular weight is 358 g/mol. The second kappa shape index (κ2) is 6.47. The Kier molecular flexibility index (Phi) is 4.47. The topological polar surface area (TPSA) is 59.3 Å². The van der Waals surface area contributed by atoms with E-state index in [2.05, 4.69) is 15.5 Å². The van der Waals surface area contributed by atoms with E-state index in [9.17, 15) is 18.0 Å². The number of alkyl halides is 2. The Morgan fingerprint density at radius 3 is 2.81 bits per heavy atom. The van der Waals surface area contributed by atoms with Crippen LogP contribution in [0.4, 0.5) is 13.2 Å². The van der Waals surface area contributed by atoms with Crippen LogP contribution in [0.2, 0.25) is 0 Å². The van der Waals surface area contributed by atoms with Crippen molar-refractivity contribution >= 4 is 24.9 Å². The molecule has 3 aromatic rings. The highest BCUT2D eigenvalue weighted by atomic mass is 19.3. The summed E-state index contributed by atoms with van der Waals surface area (Å²) in [5.74, 6) is -4.90. The van der Waals surface area contributed by atoms with Crippen LogP contribution in [0.3, 0.4) is 0 Å². The van der Waals surface area contributed by atoms with Gasteiger partial charge >= 0.3 is 0 Å². The smallest absolute Gasteiger partial charge is 0.273 e. The van der Waals surface area contributed by atoms with Crippen molar-refractivity contribution in [2.75, 3.05) is 0 Å². The van der Waals surface area contributed by atoms with Gasteiger partial charge in [0.15, 0.2) is 5.65 Å². The first-order valence-electron chi connectivity index (χ1n) is 7.75. The minimum absolute atomic E-state index is 0.0317. The lowest BCUT2D eigenvalue weighted by molar-refractivity contribution is 0.0135. The van der Waals surface area contributed by atoms with E-state index < -0.39 is 29.3 Å². The zero-order chi connectivity index (χ0) is 19.1. The highest BCUT2D eigenvalue weighted by Crippen LogP contribution is 2.32. The van der Waals surface area contributed by atoms with Crippen molar-refractivity contribution in [3.63, 3.8) is 0 Å². The monoisotopic (exact) mass is 358 g/mol. The van der Waals surface area contributed by atoms with Gasteiger partial charge < -0.3 is 5.32 Å². The van der Waals surface area contributed by atoms with Crippen LogP contribution < -0.4 is 10.8 Å². The Labute approximate surface area is 148 Å². The fourth-order valence-corrected chi connectivity index (χ4v) is 2.67. The van der Waals surface area contributed by atoms with E-state index in [1.165, 1.54) is 42.0 Å². The van der Waals surface area contributed by atoms with Crippen molar-refractivity contribution in [3.05, 3.63) is 59.3 Å². The summed E-state index contributed by atoms with van der Waals surface area (Å²) < 4.78 is 42.9. The van der Waals surface area contributed by atoms with Crippen LogP contribution in [0.25, 0.3) is 5.65 Å². The number of nitrogens with zero attached hydrogens (tertiary/aromatic N) is 3. The number of hydrogen-bond acceptors (Lipinski definition) is 3. The number of halogens is 3. The van der Waals surface area contributed by atoms with Crippen LogP contribution in [0.1, 0.15) is 41.4 Å². The molecule has 0 spiro atoms. The van der Waals surface area contributed by atoms with Gasteiger partial charge in [-0.15, -0.1) is 10.2 Å². The molecule has 0 aliphatic heterocycles. The van der Waals surface area contributed by atoms with E-state index in [1.807, 2.05) is 0 Å². The second-order valence-electron chi connectivity index (χ2n) is 6.04. The number of rotatable bonds is 4. The lowest BCUT2D eigenvalue weighted by atomic mass is 9.95. The van der Waals surface area contributed by atoms with Crippen molar-refractivity contribution in [3.8, 4) is 0 Å². The Balaban J connectivity index is 1.87. The molecule has 1 amide bonds. The summed E-state index contributed by atoms with van der Waals surface area (Å²) in [4.78, 5) is 12.4. The molecule has 1 atom stereocenters. The maximum Gasteiger partial charge on any atom is 0.273 e. The van der Waals surface area contributed by atoms with Crippen molar-refractivity contribution in [1.82, 2.24) is 19.9 Å². The van der Waals surface area contributed by atoms with Crippen molar-refractivity contribution in [1.29, 1.82) is 0 Å². The van der Waals surface area contributed by atoms with E-state index >= 15 is 0 Å². The summed E-state index contributed by atoms with van der Waals surface area (Å²) in [5.41, 5.74) is 0.112. The summed E-state index contributed by atoms with van der Waals surface area (Å²) in [6.45, 7) is 2.13. The molecule has 5 nitrogen and oxygen atoms in total. The Morgan fingerprint density at radius 2 is 2.12 bits per heavy atom. The highest BCUT2D eigenvalue weighted by molar-refractivity contribution is 6.36. The zero-order valence-corrected chi connectivity index (χ0v) is 14.0. The molecule has 0 aliphatic carbocycles. The first-order chi connectivity index (χ1) is 12.2. The van der Waals surface area contributed by atoms with E-state index in [0.717, 1.165) is 6.07 Å². The fraction of sp³-hybridized carbons (Fsp3) is 0.235. The minimum Gasteiger partial charge on any atom is -0.345 e. The van der Waals surface area contributed by atoms with Gasteiger partial charge in [-0.2, -0.15) is 0 Å². The third kappa shape index (κ3) is 3.29. The number of carbonyl (C=O) groups excluding carboxylic acids is 1. The van der Waals surface area contributed by atoms with Gasteiger partial charge in [0.05, 0.1) is 17.2 Å². The van der Waals surface area contributed by atoms with Gasteiger partial charge in [-0.1, -0.05) is 29.7 Å². The molecule has 26 heavy (non-hydrogen) atoms. The lowest BCUT2D eigenvalue weighted by Gasteiger charge is -2.19. The van der Waals surface area contributed by atoms with Crippen LogP contribution in [-0.4, -0.2) is 28.4 Å². The molecule has 0 unspecified atom stereocenters. The molecule has 2 heterocycles. The summed E-state index contributed by atoms with van der Waals surface area (Å²) in [5, 5.41) is 10.1. The van der Waals surface area contributed by atoms with E-state index in [4.69, 9.17) is 7.85 Å². The normalized spacial score (nSPS) is 13.0. The zero-order valence-electron chi connectivity index (χ0n) is 14.0. The number of aromatic nitrogens is 3. The number of pyridine rings is 1. The van der Waals surface area contributed by atoms with Crippen molar-refractivity contribution in [2.24, 2.45) is 0 Å². The minimum atomic E-state index is -3.32. The number of nitrogens with one attached hydrogen (secondary N) is 1. The Hall–Kier alpha value is -2.84. The molecular formula is C17H14BF3N4O. The molecule has 2 radical (unpaired) electrons. The van der Waals surface area contributed by atoms with Crippen LogP contribution in [0.15, 0.2) is 36.8 Å². The molecule has 1 N–H and O–H groups in total. The summed E-state index contributed by atoms with van der Waals surface area (Å²) >= 11 is 0. The molecule has 3 rings (SSSR count). The van der Waals surface area contributed by atoms with Crippen LogP contribution in [0.5, 0.6) is 0 Å². The largest absolute Gasteiger partial charge is 0.345 e. The van der Waals surface area contributed by atoms with Gasteiger partial charge in [0.1, 0.15) is 20.0 Å². The molecule has 132 valence electrons. The lowest BCUT2D eigenvalue weighted by Crippen LogP contribution is -2.29. The summed E-state index contributed by atoms with van der Waals surface area (Å²) in [7, 11) is 5.83. The van der Waals surface area contributed by atoms with E-state index in [1.54, 1.807) is 0 Å². The molecule has 0 saturated heterocycles. The molecule has 0 bridgehead atoms. The first-order valence-corrected chi connectivity index (χ1v) is 7.75. The molecule has 1 aromatic carbocycles. The molecular weight excluding hydrogens is 344 g/mol. The molecule has 9 heteroatoms. The van der Waals surface area contributed by atoms with Gasteiger partial charge in [-0.25, -0.2) is 13.2 Å². The van der Waals surface area contributed by atoms with Gasteiger partial charge in [-0.3, -0.25) is 9.20 Å². The van der Waals surface area contributed by atoms with Crippen LogP contribution >= 0.6 is 0 Å². The number of carbonyl (C=O) groups is 1. The van der Waals surface area contributed by atoms with E-state index in [0.29, 0.717) is 12.6 Å². The number of hydrogen-bond donors (Lipinski definition) is 1. The maximum absolute atomic E-state index is 14.4. The SMILES string of the molecule is [B]c1cc(C(=O)N[C@H](C)c2cccc(C(C)(F)F)c2F)cn2cnnc12. The van der Waals surface area contributed by atoms with Gasteiger partial charge in [-0.05, 0) is 6.92 Å². The van der Waals surface area contributed by atoms with Gasteiger partial charge in [0.2, 0.25) is 0 Å². The van der Waals surface area contributed by atoms with Crippen molar-refractivity contribution < 1.29 is 18.0 Å². The number of fused-ring (bicyclic) bond motifs is 1. The summed E-state index contributed by atoms with van der Waals surface area (Å²) in [6, 6.07) is 4.29. The second-order valence-corrected chi connectivity index (χ2v) is 6.04. The molecule has 0 saturated carbocycles. The predicted octanol–water partition coefficient (Wildman–Crippen LogP) is 2.26. The quantitative estimate of drug-likeness (QED) is 0.728. The molecule has 2 aromatic heterocycles. The Bertz CT molecular complexity index is 984. The Morgan fingerprint density at radius 1 is 1.38 bits per heavy atom. The molecule has 0 fully saturated rings. The van der Waals surface area contributed by atoms with E-state index in [-0.39, 0.29) is 16.6 Å². The highest BCUT2D eigenvalue weighted by Gasteiger charge is 2.30. The van der Waals surface area contributed by atoms with Gasteiger partial charge in [0, 0.05) is 18.7 Å². The average Bonchev–Trinajstić information content (AvgIpc) is 3.02. The standard InChI is InChI=1S/C17H14BF3N4O/c1-9(11-4-3-5-12(14(11)19)17(2,20)21)23-16(26)10-6-13(18)15-24-22-8-25(15)7-10/h3-9H,1-2H3,(H,23,26)/t9-/m1/s1. The van der Waals surface area contributed by atoms with Gasteiger partial charge in [0.25, 0.3) is 11.8 Å². The first kappa shape index (κ1) is 18.0. The third-order valence-electron chi connectivity index (χ3n) is 4.00. The number of amides is 1. The van der Waals surface area contributed by atoms with Crippen molar-refractivity contribution in [2.45, 2.75) is 25.8 Å².